The third-order valence-corrected chi connectivity index (χ3v) is 2.33. The fraction of sp³-hybridized carbons (Fsp3) is 0.636. The fourth-order valence-corrected chi connectivity index (χ4v) is 1.60. The van der Waals surface area contributed by atoms with Crippen molar-refractivity contribution in [2.24, 2.45) is 0 Å². The first-order valence-electron chi connectivity index (χ1n) is 5.68. The lowest BCUT2D eigenvalue weighted by Gasteiger charge is -2.20. The number of aliphatic hydroxyl groups is 1. The number of aliphatic hydroxyl groups excluding tert-OH is 1. The number of rotatable bonds is 7. The number of hydrogen-bond donors (Lipinski definition) is 2. The smallest absolute Gasteiger partial charge is 0.251 e. The Hall–Kier alpha value is -1.34. The molecule has 0 saturated carbocycles. The molecule has 0 aliphatic carbocycles. The molecule has 5 nitrogen and oxygen atoms in total. The van der Waals surface area contributed by atoms with Gasteiger partial charge in [0.05, 0.1) is 19.7 Å². The van der Waals surface area contributed by atoms with E-state index >= 15 is 0 Å². The van der Waals surface area contributed by atoms with Gasteiger partial charge in [0.15, 0.2) is 0 Å². The minimum atomic E-state index is -2.44. The summed E-state index contributed by atoms with van der Waals surface area (Å²) in [6.07, 6.45) is -2.44. The van der Waals surface area contributed by atoms with Crippen molar-refractivity contribution in [3.8, 4) is 0 Å². The van der Waals surface area contributed by atoms with Crippen molar-refractivity contribution in [1.29, 1.82) is 0 Å². The van der Waals surface area contributed by atoms with E-state index in [1.165, 1.54) is 4.90 Å². The van der Waals surface area contributed by atoms with Crippen molar-refractivity contribution in [2.45, 2.75) is 19.9 Å². The summed E-state index contributed by atoms with van der Waals surface area (Å²) in [6.45, 7) is 1.62. The number of nitrogens with one attached hydrogen (secondary N) is 1. The zero-order valence-electron chi connectivity index (χ0n) is 10.5. The third-order valence-electron chi connectivity index (χ3n) is 2.33. The van der Waals surface area contributed by atoms with E-state index in [9.17, 15) is 8.78 Å². The van der Waals surface area contributed by atoms with Crippen LogP contribution in [0.25, 0.3) is 0 Å². The van der Waals surface area contributed by atoms with E-state index in [2.05, 4.69) is 15.3 Å². The largest absolute Gasteiger partial charge is 0.395 e. The summed E-state index contributed by atoms with van der Waals surface area (Å²) in [4.78, 5) is 9.81. The van der Waals surface area contributed by atoms with Gasteiger partial charge in [0.2, 0.25) is 0 Å². The third kappa shape index (κ3) is 4.89. The highest BCUT2D eigenvalue weighted by Gasteiger charge is 2.14. The molecule has 0 spiro atoms. The zero-order valence-corrected chi connectivity index (χ0v) is 10.5. The molecule has 2 N–H and O–H groups in total. The van der Waals surface area contributed by atoms with E-state index in [1.54, 1.807) is 13.1 Å². The first kappa shape index (κ1) is 14.7. The molecule has 0 bridgehead atoms. The van der Waals surface area contributed by atoms with Gasteiger partial charge in [-0.3, -0.25) is 4.90 Å². The second kappa shape index (κ2) is 7.17. The molecule has 0 atom stereocenters. The van der Waals surface area contributed by atoms with E-state index < -0.39 is 13.0 Å². The Morgan fingerprint density at radius 3 is 2.72 bits per heavy atom. The van der Waals surface area contributed by atoms with Crippen LogP contribution in [0.2, 0.25) is 0 Å². The molecule has 102 valence electrons. The van der Waals surface area contributed by atoms with Crippen molar-refractivity contribution in [3.05, 3.63) is 17.6 Å². The highest BCUT2D eigenvalue weighted by atomic mass is 19.3. The lowest BCUT2D eigenvalue weighted by atomic mass is 10.3. The number of hydrogen-bond acceptors (Lipinski definition) is 5. The molecule has 18 heavy (non-hydrogen) atoms. The molecule has 0 unspecified atom stereocenters. The zero-order chi connectivity index (χ0) is 13.5. The van der Waals surface area contributed by atoms with Crippen molar-refractivity contribution >= 4 is 5.82 Å². The Bertz CT molecular complexity index is 376. The molecule has 1 aromatic heterocycles. The summed E-state index contributed by atoms with van der Waals surface area (Å²) in [6, 6.07) is 1.77. The molecular formula is C11H18F2N4O. The van der Waals surface area contributed by atoms with Gasteiger partial charge in [-0.15, -0.1) is 0 Å². The molecule has 7 heteroatoms. The van der Waals surface area contributed by atoms with Crippen LogP contribution in [-0.2, 0) is 6.54 Å². The normalized spacial score (nSPS) is 11.3. The molecule has 0 aliphatic rings. The van der Waals surface area contributed by atoms with Gasteiger partial charge in [-0.1, -0.05) is 0 Å². The van der Waals surface area contributed by atoms with E-state index in [4.69, 9.17) is 5.11 Å². The number of aryl methyl sites for hydroxylation is 1. The molecule has 0 amide bonds. The van der Waals surface area contributed by atoms with Crippen LogP contribution in [0.15, 0.2) is 6.07 Å². The standard InChI is InChI=1S/C11H18F2N4O/c1-8-5-10(14-2)16-11(15-8)7-17(3-4-18)6-9(12)13/h5,9,18H,3-4,6-7H2,1-2H3,(H,14,15,16). The van der Waals surface area contributed by atoms with Crippen molar-refractivity contribution in [2.75, 3.05) is 32.1 Å². The van der Waals surface area contributed by atoms with Gasteiger partial charge < -0.3 is 10.4 Å². The minimum Gasteiger partial charge on any atom is -0.395 e. The van der Waals surface area contributed by atoms with Crippen LogP contribution in [0.4, 0.5) is 14.6 Å². The van der Waals surface area contributed by atoms with Gasteiger partial charge in [0.25, 0.3) is 6.43 Å². The average Bonchev–Trinajstić information content (AvgIpc) is 2.27. The van der Waals surface area contributed by atoms with Crippen molar-refractivity contribution in [1.82, 2.24) is 14.9 Å². The maximum Gasteiger partial charge on any atom is 0.251 e. The van der Waals surface area contributed by atoms with Gasteiger partial charge in [-0.2, -0.15) is 0 Å². The first-order valence-corrected chi connectivity index (χ1v) is 5.68. The van der Waals surface area contributed by atoms with Crippen LogP contribution < -0.4 is 5.32 Å². The summed E-state index contributed by atoms with van der Waals surface area (Å²) in [5, 5.41) is 11.7. The summed E-state index contributed by atoms with van der Waals surface area (Å²) in [7, 11) is 1.73. The molecule has 0 aliphatic heterocycles. The van der Waals surface area contributed by atoms with Crippen LogP contribution in [0.1, 0.15) is 11.5 Å². The predicted octanol–water partition coefficient (Wildman–Crippen LogP) is 0.886. The maximum atomic E-state index is 12.4. The van der Waals surface area contributed by atoms with Gasteiger partial charge in [0.1, 0.15) is 11.6 Å². The van der Waals surface area contributed by atoms with Crippen molar-refractivity contribution < 1.29 is 13.9 Å². The lowest BCUT2D eigenvalue weighted by molar-refractivity contribution is 0.0734. The topological polar surface area (TPSA) is 61.3 Å². The van der Waals surface area contributed by atoms with Crippen LogP contribution in [0.3, 0.4) is 0 Å². The van der Waals surface area contributed by atoms with Crippen molar-refractivity contribution in [3.63, 3.8) is 0 Å². The number of aromatic nitrogens is 2. The quantitative estimate of drug-likeness (QED) is 0.762. The lowest BCUT2D eigenvalue weighted by Crippen LogP contribution is -2.32. The number of anilines is 1. The fourth-order valence-electron chi connectivity index (χ4n) is 1.60. The van der Waals surface area contributed by atoms with Gasteiger partial charge >= 0.3 is 0 Å². The summed E-state index contributed by atoms with van der Waals surface area (Å²) in [5.41, 5.74) is 0.769. The number of nitrogens with zero attached hydrogens (tertiary/aromatic N) is 3. The Morgan fingerprint density at radius 2 is 2.17 bits per heavy atom. The molecule has 0 radical (unpaired) electrons. The Kier molecular flexibility index (Phi) is 5.87. The van der Waals surface area contributed by atoms with Gasteiger partial charge in [-0.25, -0.2) is 18.7 Å². The van der Waals surface area contributed by atoms with Gasteiger partial charge in [0, 0.05) is 25.4 Å². The van der Waals surface area contributed by atoms with Crippen LogP contribution in [-0.4, -0.2) is 53.1 Å². The van der Waals surface area contributed by atoms with E-state index in [-0.39, 0.29) is 19.7 Å². The summed E-state index contributed by atoms with van der Waals surface area (Å²) >= 11 is 0. The SMILES string of the molecule is CNc1cc(C)nc(CN(CCO)CC(F)F)n1. The Labute approximate surface area is 105 Å². The van der Waals surface area contributed by atoms with Crippen LogP contribution in [0, 0.1) is 6.92 Å². The average molecular weight is 260 g/mol. The summed E-state index contributed by atoms with van der Waals surface area (Å²) in [5.74, 6) is 1.12. The molecule has 0 aromatic carbocycles. The maximum absolute atomic E-state index is 12.4. The first-order chi connectivity index (χ1) is 8.55. The predicted molar refractivity (Wildman–Crippen MR) is 64.7 cm³/mol. The minimum absolute atomic E-state index is 0.169. The molecule has 0 saturated heterocycles. The van der Waals surface area contributed by atoms with E-state index in [1.807, 2.05) is 6.92 Å². The number of alkyl halides is 2. The Balaban J connectivity index is 2.75. The molecule has 1 heterocycles. The van der Waals surface area contributed by atoms with Gasteiger partial charge in [-0.05, 0) is 6.92 Å². The Morgan fingerprint density at radius 1 is 1.44 bits per heavy atom. The second-order valence-corrected chi connectivity index (χ2v) is 3.91. The highest BCUT2D eigenvalue weighted by Crippen LogP contribution is 2.08. The molecule has 1 aromatic rings. The molecule has 1 rings (SSSR count). The highest BCUT2D eigenvalue weighted by molar-refractivity contribution is 5.34. The van der Waals surface area contributed by atoms with E-state index in [0.29, 0.717) is 11.6 Å². The van der Waals surface area contributed by atoms with Crippen LogP contribution in [0.5, 0.6) is 0 Å². The second-order valence-electron chi connectivity index (χ2n) is 3.91. The van der Waals surface area contributed by atoms with E-state index in [0.717, 1.165) is 5.69 Å². The number of halogens is 2. The molecule has 0 fully saturated rings. The van der Waals surface area contributed by atoms with Crippen LogP contribution >= 0.6 is 0 Å². The molecular weight excluding hydrogens is 242 g/mol. The summed E-state index contributed by atoms with van der Waals surface area (Å²) < 4.78 is 24.7. The monoisotopic (exact) mass is 260 g/mol.